The molecule has 21 heavy (non-hydrogen) atoms. The minimum atomic E-state index is -0.362. The fourth-order valence-electron chi connectivity index (χ4n) is 2.63. The van der Waals surface area contributed by atoms with Crippen molar-refractivity contribution in [3.63, 3.8) is 0 Å². The Bertz CT molecular complexity index is 658. The van der Waals surface area contributed by atoms with E-state index in [1.54, 1.807) is 6.20 Å². The van der Waals surface area contributed by atoms with Crippen molar-refractivity contribution >= 4 is 23.0 Å². The van der Waals surface area contributed by atoms with Gasteiger partial charge >= 0.3 is 0 Å². The molecule has 0 aliphatic carbocycles. The Morgan fingerprint density at radius 2 is 2.19 bits per heavy atom. The molecule has 0 unspecified atom stereocenters. The van der Waals surface area contributed by atoms with Crippen molar-refractivity contribution in [3.05, 3.63) is 51.9 Å². The molecule has 1 fully saturated rings. The Hall–Kier alpha value is -2.01. The average molecular weight is 305 g/mol. The van der Waals surface area contributed by atoms with Gasteiger partial charge in [-0.1, -0.05) is 29.8 Å². The van der Waals surface area contributed by atoms with Crippen LogP contribution in [0.4, 0.5) is 11.4 Å². The molecular weight excluding hydrogens is 288 g/mol. The molecule has 2 N–H and O–H groups in total. The molecule has 5 nitrogen and oxygen atoms in total. The smallest absolute Gasteiger partial charge is 0.285 e. The highest BCUT2D eigenvalue weighted by Gasteiger charge is 2.22. The van der Waals surface area contributed by atoms with Crippen LogP contribution in [0.5, 0.6) is 0 Å². The van der Waals surface area contributed by atoms with Gasteiger partial charge in [-0.25, -0.2) is 5.10 Å². The minimum absolute atomic E-state index is 0.169. The molecule has 1 saturated heterocycles. The lowest BCUT2D eigenvalue weighted by Crippen LogP contribution is -2.23. The lowest BCUT2D eigenvalue weighted by Gasteiger charge is -2.19. The summed E-state index contributed by atoms with van der Waals surface area (Å²) in [4.78, 5) is 13.8. The highest BCUT2D eigenvalue weighted by atomic mass is 35.5. The molecule has 1 aromatic carbocycles. The fourth-order valence-corrected chi connectivity index (χ4v) is 2.79. The van der Waals surface area contributed by atoms with Crippen LogP contribution in [0.1, 0.15) is 6.42 Å². The highest BCUT2D eigenvalue weighted by Crippen LogP contribution is 2.24. The minimum Gasteiger partial charge on any atom is -0.382 e. The van der Waals surface area contributed by atoms with Crippen LogP contribution in [-0.4, -0.2) is 29.8 Å². The summed E-state index contributed by atoms with van der Waals surface area (Å²) in [5, 5.41) is 9.46. The molecular formula is C15H17ClN4O. The van der Waals surface area contributed by atoms with Crippen LogP contribution in [0, 0.1) is 5.92 Å². The first-order chi connectivity index (χ1) is 10.2. The molecule has 0 saturated carbocycles. The number of para-hydroxylation sites is 1. The number of nitrogens with one attached hydrogen (secondary N) is 2. The summed E-state index contributed by atoms with van der Waals surface area (Å²) in [6.45, 7) is 2.84. The topological polar surface area (TPSA) is 61.0 Å². The Kier molecular flexibility index (Phi) is 4.10. The number of anilines is 2. The van der Waals surface area contributed by atoms with Crippen molar-refractivity contribution in [1.82, 2.24) is 10.2 Å². The summed E-state index contributed by atoms with van der Waals surface area (Å²) in [5.74, 6) is 0.528. The average Bonchev–Trinajstić information content (AvgIpc) is 2.99. The second-order valence-corrected chi connectivity index (χ2v) is 5.62. The van der Waals surface area contributed by atoms with Crippen LogP contribution in [-0.2, 0) is 0 Å². The van der Waals surface area contributed by atoms with Gasteiger partial charge in [0, 0.05) is 25.3 Å². The van der Waals surface area contributed by atoms with Crippen LogP contribution < -0.4 is 15.8 Å². The summed E-state index contributed by atoms with van der Waals surface area (Å²) in [6, 6.07) is 10.4. The number of H-pyrrole nitrogens is 1. The van der Waals surface area contributed by atoms with E-state index < -0.39 is 0 Å². The quantitative estimate of drug-likeness (QED) is 0.910. The summed E-state index contributed by atoms with van der Waals surface area (Å²) >= 11 is 5.95. The second-order valence-electron chi connectivity index (χ2n) is 5.24. The van der Waals surface area contributed by atoms with E-state index in [1.807, 2.05) is 6.07 Å². The number of hydrogen-bond acceptors (Lipinski definition) is 4. The van der Waals surface area contributed by atoms with E-state index in [9.17, 15) is 4.79 Å². The SMILES string of the molecule is O=c1[nH]ncc(NC[C@@H]2CCN(c3ccccc3)C2)c1Cl. The van der Waals surface area contributed by atoms with Crippen molar-refractivity contribution in [2.45, 2.75) is 6.42 Å². The summed E-state index contributed by atoms with van der Waals surface area (Å²) < 4.78 is 0. The molecule has 1 atom stereocenters. The van der Waals surface area contributed by atoms with Crippen LogP contribution in [0.3, 0.4) is 0 Å². The van der Waals surface area contributed by atoms with Gasteiger partial charge in [0.05, 0.1) is 11.9 Å². The largest absolute Gasteiger partial charge is 0.382 e. The highest BCUT2D eigenvalue weighted by molar-refractivity contribution is 6.32. The maximum Gasteiger partial charge on any atom is 0.285 e. The van der Waals surface area contributed by atoms with Crippen molar-refractivity contribution in [1.29, 1.82) is 0 Å². The third kappa shape index (κ3) is 3.19. The monoisotopic (exact) mass is 304 g/mol. The first-order valence-electron chi connectivity index (χ1n) is 7.01. The van der Waals surface area contributed by atoms with Gasteiger partial charge < -0.3 is 10.2 Å². The summed E-state index contributed by atoms with van der Waals surface area (Å²) in [6.07, 6.45) is 2.67. The van der Waals surface area contributed by atoms with Crippen molar-refractivity contribution in [2.75, 3.05) is 29.9 Å². The molecule has 0 bridgehead atoms. The van der Waals surface area contributed by atoms with E-state index in [2.05, 4.69) is 44.7 Å². The maximum atomic E-state index is 11.4. The van der Waals surface area contributed by atoms with Crippen molar-refractivity contribution < 1.29 is 0 Å². The zero-order chi connectivity index (χ0) is 14.7. The molecule has 6 heteroatoms. The number of halogens is 1. The number of benzene rings is 1. The Balaban J connectivity index is 1.58. The third-order valence-electron chi connectivity index (χ3n) is 3.78. The van der Waals surface area contributed by atoms with Gasteiger partial charge in [-0.05, 0) is 24.5 Å². The Morgan fingerprint density at radius 1 is 1.38 bits per heavy atom. The third-order valence-corrected chi connectivity index (χ3v) is 4.16. The predicted octanol–water partition coefficient (Wildman–Crippen LogP) is 2.36. The van der Waals surface area contributed by atoms with Crippen molar-refractivity contribution in [3.8, 4) is 0 Å². The number of rotatable bonds is 4. The predicted molar refractivity (Wildman–Crippen MR) is 85.1 cm³/mol. The van der Waals surface area contributed by atoms with E-state index >= 15 is 0 Å². The van der Waals surface area contributed by atoms with E-state index in [4.69, 9.17) is 11.6 Å². The van der Waals surface area contributed by atoms with Crippen LogP contribution in [0.25, 0.3) is 0 Å². The van der Waals surface area contributed by atoms with Gasteiger partial charge in [-0.3, -0.25) is 4.79 Å². The van der Waals surface area contributed by atoms with E-state index in [0.29, 0.717) is 11.6 Å². The van der Waals surface area contributed by atoms with Gasteiger partial charge in [-0.2, -0.15) is 5.10 Å². The normalized spacial score (nSPS) is 18.0. The lowest BCUT2D eigenvalue weighted by atomic mass is 10.1. The Labute approximate surface area is 127 Å². The van der Waals surface area contributed by atoms with Crippen LogP contribution in [0.2, 0.25) is 5.02 Å². The molecule has 0 spiro atoms. The molecule has 2 aromatic rings. The van der Waals surface area contributed by atoms with Gasteiger partial charge in [0.15, 0.2) is 0 Å². The first kappa shape index (κ1) is 13.9. The number of aromatic amines is 1. The standard InChI is InChI=1S/C15H17ClN4O/c16-14-13(9-18-19-15(14)21)17-8-11-6-7-20(10-11)12-4-2-1-3-5-12/h1-5,9,11H,6-8,10H2,(H2,17,19,21)/t11-/m0/s1. The van der Waals surface area contributed by atoms with E-state index in [1.165, 1.54) is 5.69 Å². The summed E-state index contributed by atoms with van der Waals surface area (Å²) in [5.41, 5.74) is 1.49. The maximum absolute atomic E-state index is 11.4. The molecule has 0 amide bonds. The zero-order valence-corrected chi connectivity index (χ0v) is 12.3. The molecule has 0 radical (unpaired) electrons. The zero-order valence-electron chi connectivity index (χ0n) is 11.6. The van der Waals surface area contributed by atoms with Crippen molar-refractivity contribution in [2.24, 2.45) is 5.92 Å². The van der Waals surface area contributed by atoms with Gasteiger partial charge in [0.2, 0.25) is 0 Å². The van der Waals surface area contributed by atoms with Gasteiger partial charge in [0.25, 0.3) is 5.56 Å². The lowest BCUT2D eigenvalue weighted by molar-refractivity contribution is 0.622. The van der Waals surface area contributed by atoms with E-state index in [0.717, 1.165) is 26.1 Å². The molecule has 1 aliphatic rings. The number of aromatic nitrogens is 2. The number of hydrogen-bond donors (Lipinski definition) is 2. The van der Waals surface area contributed by atoms with Crippen LogP contribution >= 0.6 is 11.6 Å². The molecule has 1 aromatic heterocycles. The number of nitrogens with zero attached hydrogens (tertiary/aromatic N) is 2. The molecule has 2 heterocycles. The summed E-state index contributed by atoms with van der Waals surface area (Å²) in [7, 11) is 0. The molecule has 110 valence electrons. The second kappa shape index (κ2) is 6.18. The van der Waals surface area contributed by atoms with E-state index in [-0.39, 0.29) is 10.6 Å². The first-order valence-corrected chi connectivity index (χ1v) is 7.39. The Morgan fingerprint density at radius 3 is 3.00 bits per heavy atom. The molecule has 1 aliphatic heterocycles. The van der Waals surface area contributed by atoms with Crippen LogP contribution in [0.15, 0.2) is 41.3 Å². The fraction of sp³-hybridized carbons (Fsp3) is 0.333. The van der Waals surface area contributed by atoms with Gasteiger partial charge in [-0.15, -0.1) is 0 Å². The van der Waals surface area contributed by atoms with Gasteiger partial charge in [0.1, 0.15) is 5.02 Å². The molecule has 3 rings (SSSR count).